The van der Waals surface area contributed by atoms with Crippen LogP contribution < -0.4 is 0 Å². The van der Waals surface area contributed by atoms with Crippen LogP contribution in [0, 0.1) is 0 Å². The van der Waals surface area contributed by atoms with Crippen molar-refractivity contribution in [1.29, 1.82) is 0 Å². The van der Waals surface area contributed by atoms with Crippen LogP contribution in [0.4, 0.5) is 0 Å². The molecule has 0 bridgehead atoms. The van der Waals surface area contributed by atoms with E-state index in [4.69, 9.17) is 21.8 Å². The summed E-state index contributed by atoms with van der Waals surface area (Å²) in [5.41, 5.74) is -0.00559. The predicted molar refractivity (Wildman–Crippen MR) is 54.6 cm³/mol. The van der Waals surface area contributed by atoms with Gasteiger partial charge in [-0.15, -0.1) is 11.6 Å². The van der Waals surface area contributed by atoms with Crippen molar-refractivity contribution < 1.29 is 19.8 Å². The topological polar surface area (TPSA) is 74.6 Å². The summed E-state index contributed by atoms with van der Waals surface area (Å²) < 4.78 is 0. The Kier molecular flexibility index (Phi) is 3.31. The summed E-state index contributed by atoms with van der Waals surface area (Å²) in [5, 5.41) is 17.1. The molecule has 0 aromatic heterocycles. The van der Waals surface area contributed by atoms with E-state index in [-0.39, 0.29) is 16.7 Å². The molecule has 1 aromatic carbocycles. The molecule has 0 radical (unpaired) electrons. The van der Waals surface area contributed by atoms with E-state index in [9.17, 15) is 9.59 Å². The Morgan fingerprint density at radius 3 is 1.87 bits per heavy atom. The molecule has 80 valence electrons. The molecule has 0 aliphatic heterocycles. The summed E-state index contributed by atoms with van der Waals surface area (Å²) in [6.45, 7) is 1.54. The third kappa shape index (κ3) is 2.27. The van der Waals surface area contributed by atoms with Crippen LogP contribution in [-0.4, -0.2) is 22.2 Å². The standard InChI is InChI=1S/C10H9ClO4/c1-5(11)8-6(9(12)13)3-2-4-7(8)10(14)15/h2-5H,1H3,(H,12,13)(H,14,15). The quantitative estimate of drug-likeness (QED) is 0.779. The van der Waals surface area contributed by atoms with Crippen molar-refractivity contribution in [2.75, 3.05) is 0 Å². The summed E-state index contributed by atoms with van der Waals surface area (Å²) in [6, 6.07) is 4.06. The first kappa shape index (κ1) is 11.5. The third-order valence-corrected chi connectivity index (χ3v) is 2.18. The van der Waals surface area contributed by atoms with Crippen LogP contribution >= 0.6 is 11.6 Å². The highest BCUT2D eigenvalue weighted by Crippen LogP contribution is 2.27. The Morgan fingerprint density at radius 1 is 1.20 bits per heavy atom. The number of hydrogen-bond donors (Lipinski definition) is 2. The summed E-state index contributed by atoms with van der Waals surface area (Å²) in [5.74, 6) is -2.36. The second-order valence-electron chi connectivity index (χ2n) is 2.99. The SMILES string of the molecule is CC(Cl)c1c(C(=O)O)cccc1C(=O)O. The van der Waals surface area contributed by atoms with Gasteiger partial charge in [-0.2, -0.15) is 0 Å². The Morgan fingerprint density at radius 2 is 1.60 bits per heavy atom. The fourth-order valence-electron chi connectivity index (χ4n) is 1.37. The molecule has 5 heteroatoms. The zero-order valence-corrected chi connectivity index (χ0v) is 8.65. The molecule has 0 spiro atoms. The molecule has 2 N–H and O–H groups in total. The van der Waals surface area contributed by atoms with Gasteiger partial charge in [-0.3, -0.25) is 0 Å². The molecule has 15 heavy (non-hydrogen) atoms. The molecule has 1 aromatic rings. The second-order valence-corrected chi connectivity index (χ2v) is 3.65. The molecule has 0 aliphatic rings. The zero-order valence-electron chi connectivity index (χ0n) is 7.90. The van der Waals surface area contributed by atoms with Crippen LogP contribution in [-0.2, 0) is 0 Å². The number of benzene rings is 1. The summed E-state index contributed by atoms with van der Waals surface area (Å²) in [6.07, 6.45) is 0. The van der Waals surface area contributed by atoms with Gasteiger partial charge in [0.2, 0.25) is 0 Å². The largest absolute Gasteiger partial charge is 0.478 e. The normalized spacial score (nSPS) is 12.1. The van der Waals surface area contributed by atoms with Gasteiger partial charge in [-0.25, -0.2) is 9.59 Å². The number of aromatic carboxylic acids is 2. The maximum atomic E-state index is 10.8. The van der Waals surface area contributed by atoms with Gasteiger partial charge in [0.05, 0.1) is 16.5 Å². The molecule has 0 saturated heterocycles. The van der Waals surface area contributed by atoms with E-state index in [1.165, 1.54) is 25.1 Å². The smallest absolute Gasteiger partial charge is 0.336 e. The van der Waals surface area contributed by atoms with Crippen molar-refractivity contribution in [3.8, 4) is 0 Å². The number of hydrogen-bond acceptors (Lipinski definition) is 2. The molecule has 0 amide bonds. The molecule has 1 rings (SSSR count). The van der Waals surface area contributed by atoms with Gasteiger partial charge in [0.15, 0.2) is 0 Å². The highest BCUT2D eigenvalue weighted by atomic mass is 35.5. The number of carboxylic acids is 2. The third-order valence-electron chi connectivity index (χ3n) is 1.96. The number of halogens is 1. The van der Waals surface area contributed by atoms with Crippen LogP contribution in [0.15, 0.2) is 18.2 Å². The van der Waals surface area contributed by atoms with Gasteiger partial charge in [-0.1, -0.05) is 6.07 Å². The minimum absolute atomic E-state index is 0.0719. The van der Waals surface area contributed by atoms with Crippen LogP contribution in [0.3, 0.4) is 0 Å². The average molecular weight is 229 g/mol. The van der Waals surface area contributed by atoms with E-state index in [0.29, 0.717) is 0 Å². The first-order valence-corrected chi connectivity index (χ1v) is 4.62. The molecular weight excluding hydrogens is 220 g/mol. The molecular formula is C10H9ClO4. The second kappa shape index (κ2) is 4.31. The van der Waals surface area contributed by atoms with Crippen molar-refractivity contribution in [3.05, 3.63) is 34.9 Å². The Hall–Kier alpha value is -1.55. The van der Waals surface area contributed by atoms with Gasteiger partial charge in [0, 0.05) is 0 Å². The summed E-state index contributed by atoms with van der Waals surface area (Å²) in [4.78, 5) is 21.7. The van der Waals surface area contributed by atoms with E-state index >= 15 is 0 Å². The van der Waals surface area contributed by atoms with Gasteiger partial charge >= 0.3 is 11.9 Å². The van der Waals surface area contributed by atoms with Crippen LogP contribution in [0.1, 0.15) is 38.6 Å². The zero-order chi connectivity index (χ0) is 11.6. The van der Waals surface area contributed by atoms with Crippen LogP contribution in [0.5, 0.6) is 0 Å². The first-order valence-electron chi connectivity index (χ1n) is 4.18. The summed E-state index contributed by atoms with van der Waals surface area (Å²) >= 11 is 5.77. The lowest BCUT2D eigenvalue weighted by molar-refractivity contribution is 0.0695. The fraction of sp³-hybridized carbons (Fsp3) is 0.200. The van der Waals surface area contributed by atoms with E-state index in [1.54, 1.807) is 0 Å². The van der Waals surface area contributed by atoms with Crippen molar-refractivity contribution in [1.82, 2.24) is 0 Å². The minimum atomic E-state index is -1.18. The minimum Gasteiger partial charge on any atom is -0.478 e. The molecule has 0 saturated carbocycles. The predicted octanol–water partition coefficient (Wildman–Crippen LogP) is 2.38. The molecule has 0 heterocycles. The van der Waals surface area contributed by atoms with Crippen molar-refractivity contribution in [2.24, 2.45) is 0 Å². The molecule has 1 unspecified atom stereocenters. The van der Waals surface area contributed by atoms with Crippen molar-refractivity contribution >= 4 is 23.5 Å². The van der Waals surface area contributed by atoms with Crippen LogP contribution in [0.2, 0.25) is 0 Å². The molecule has 0 fully saturated rings. The highest BCUT2D eigenvalue weighted by Gasteiger charge is 2.21. The van der Waals surface area contributed by atoms with Gasteiger partial charge in [-0.05, 0) is 24.6 Å². The lowest BCUT2D eigenvalue weighted by Crippen LogP contribution is -2.10. The number of carbonyl (C=O) groups is 2. The molecule has 1 atom stereocenters. The van der Waals surface area contributed by atoms with E-state index in [0.717, 1.165) is 0 Å². The fourth-order valence-corrected chi connectivity index (χ4v) is 1.60. The lowest BCUT2D eigenvalue weighted by atomic mass is 9.98. The van der Waals surface area contributed by atoms with Gasteiger partial charge < -0.3 is 10.2 Å². The van der Waals surface area contributed by atoms with Gasteiger partial charge in [0.25, 0.3) is 0 Å². The number of alkyl halides is 1. The highest BCUT2D eigenvalue weighted by molar-refractivity contribution is 6.22. The molecule has 4 nitrogen and oxygen atoms in total. The maximum absolute atomic E-state index is 10.8. The van der Waals surface area contributed by atoms with Crippen molar-refractivity contribution in [2.45, 2.75) is 12.3 Å². The first-order chi connectivity index (χ1) is 6.95. The maximum Gasteiger partial charge on any atom is 0.336 e. The van der Waals surface area contributed by atoms with Crippen molar-refractivity contribution in [3.63, 3.8) is 0 Å². The van der Waals surface area contributed by atoms with Crippen LogP contribution in [0.25, 0.3) is 0 Å². The average Bonchev–Trinajstić information content (AvgIpc) is 2.16. The van der Waals surface area contributed by atoms with E-state index in [2.05, 4.69) is 0 Å². The van der Waals surface area contributed by atoms with E-state index in [1.807, 2.05) is 0 Å². The molecule has 0 aliphatic carbocycles. The van der Waals surface area contributed by atoms with E-state index < -0.39 is 17.3 Å². The number of rotatable bonds is 3. The Balaban J connectivity index is 3.48. The monoisotopic (exact) mass is 228 g/mol. The lowest BCUT2D eigenvalue weighted by Gasteiger charge is -2.11. The summed E-state index contributed by atoms with van der Waals surface area (Å²) in [7, 11) is 0. The Labute approximate surface area is 91.1 Å². The van der Waals surface area contributed by atoms with Gasteiger partial charge in [0.1, 0.15) is 0 Å². The Bertz CT molecular complexity index is 380. The number of carboxylic acid groups (broad SMARTS) is 2.